The first-order chi connectivity index (χ1) is 8.83. The summed E-state index contributed by atoms with van der Waals surface area (Å²) in [4.78, 5) is 4.24. The van der Waals surface area contributed by atoms with Gasteiger partial charge in [0.05, 0.1) is 11.9 Å². The highest BCUT2D eigenvalue weighted by molar-refractivity contribution is 5.94. The summed E-state index contributed by atoms with van der Waals surface area (Å²) in [5.41, 5.74) is 8.43. The van der Waals surface area contributed by atoms with Crippen LogP contribution >= 0.6 is 0 Å². The molecule has 0 amide bonds. The Hall–Kier alpha value is -2.55. The van der Waals surface area contributed by atoms with Crippen molar-refractivity contribution in [2.24, 2.45) is 0 Å². The van der Waals surface area contributed by atoms with Crippen molar-refractivity contribution in [2.45, 2.75) is 0 Å². The van der Waals surface area contributed by atoms with Crippen molar-refractivity contribution in [1.82, 2.24) is 4.98 Å². The van der Waals surface area contributed by atoms with Crippen molar-refractivity contribution in [3.05, 3.63) is 60.9 Å². The molecule has 3 N–H and O–H groups in total. The normalized spacial score (nSPS) is 10.4. The molecular formula is C15H13N3. The van der Waals surface area contributed by atoms with Crippen LogP contribution in [0.1, 0.15) is 0 Å². The zero-order valence-corrected chi connectivity index (χ0v) is 9.80. The molecule has 0 aliphatic carbocycles. The van der Waals surface area contributed by atoms with Crippen LogP contribution in [0.25, 0.3) is 10.8 Å². The van der Waals surface area contributed by atoms with Crippen molar-refractivity contribution < 1.29 is 0 Å². The minimum Gasteiger partial charge on any atom is -0.399 e. The van der Waals surface area contributed by atoms with Gasteiger partial charge in [-0.25, -0.2) is 0 Å². The predicted octanol–water partition coefficient (Wildman–Crippen LogP) is 3.56. The smallest absolute Gasteiger partial charge is 0.0650 e. The summed E-state index contributed by atoms with van der Waals surface area (Å²) in [7, 11) is 0. The molecule has 1 aromatic heterocycles. The number of rotatable bonds is 2. The fraction of sp³-hybridized carbons (Fsp3) is 0. The number of nitrogen functional groups attached to an aromatic ring is 1. The van der Waals surface area contributed by atoms with Crippen molar-refractivity contribution in [3.63, 3.8) is 0 Å². The van der Waals surface area contributed by atoms with Gasteiger partial charge < -0.3 is 11.1 Å². The van der Waals surface area contributed by atoms with Crippen LogP contribution in [-0.4, -0.2) is 4.98 Å². The monoisotopic (exact) mass is 235 g/mol. The van der Waals surface area contributed by atoms with E-state index in [4.69, 9.17) is 5.73 Å². The highest BCUT2D eigenvalue weighted by atomic mass is 14.9. The lowest BCUT2D eigenvalue weighted by molar-refractivity contribution is 1.35. The second-order valence-corrected chi connectivity index (χ2v) is 4.16. The Bertz CT molecular complexity index is 669. The van der Waals surface area contributed by atoms with E-state index in [0.717, 1.165) is 27.8 Å². The molecule has 0 spiro atoms. The van der Waals surface area contributed by atoms with Crippen LogP contribution < -0.4 is 11.1 Å². The van der Waals surface area contributed by atoms with Crippen LogP contribution in [-0.2, 0) is 0 Å². The number of pyridine rings is 1. The van der Waals surface area contributed by atoms with Gasteiger partial charge in [-0.1, -0.05) is 24.3 Å². The molecule has 3 rings (SSSR count). The van der Waals surface area contributed by atoms with E-state index in [1.807, 2.05) is 48.8 Å². The van der Waals surface area contributed by atoms with Gasteiger partial charge in [-0.2, -0.15) is 0 Å². The van der Waals surface area contributed by atoms with Crippen LogP contribution in [0.3, 0.4) is 0 Å². The molecule has 0 saturated heterocycles. The Balaban J connectivity index is 2.02. The van der Waals surface area contributed by atoms with Crippen molar-refractivity contribution in [2.75, 3.05) is 11.1 Å². The number of anilines is 3. The summed E-state index contributed by atoms with van der Waals surface area (Å²) < 4.78 is 0. The van der Waals surface area contributed by atoms with Crippen molar-refractivity contribution >= 4 is 27.8 Å². The van der Waals surface area contributed by atoms with Gasteiger partial charge in [0.1, 0.15) is 0 Å². The molecule has 0 aliphatic heterocycles. The van der Waals surface area contributed by atoms with Gasteiger partial charge in [0.2, 0.25) is 0 Å². The second-order valence-electron chi connectivity index (χ2n) is 4.16. The first-order valence-electron chi connectivity index (χ1n) is 5.78. The number of nitrogens with zero attached hydrogens (tertiary/aromatic N) is 1. The van der Waals surface area contributed by atoms with Crippen LogP contribution in [0.4, 0.5) is 17.1 Å². The number of benzene rings is 2. The molecule has 0 aliphatic rings. The number of hydrogen-bond donors (Lipinski definition) is 2. The molecule has 3 aromatic rings. The summed E-state index contributed by atoms with van der Waals surface area (Å²) in [5, 5.41) is 5.64. The first kappa shape index (κ1) is 10.6. The van der Waals surface area contributed by atoms with Gasteiger partial charge in [-0.05, 0) is 24.3 Å². The van der Waals surface area contributed by atoms with Gasteiger partial charge in [0, 0.05) is 28.3 Å². The minimum atomic E-state index is 0.761. The van der Waals surface area contributed by atoms with E-state index in [0.29, 0.717) is 0 Å². The Morgan fingerprint density at radius 3 is 2.50 bits per heavy atom. The SMILES string of the molecule is Nc1ccc(Nc2cncc3ccccc23)cc1. The zero-order valence-electron chi connectivity index (χ0n) is 9.80. The number of aromatic nitrogens is 1. The number of hydrogen-bond acceptors (Lipinski definition) is 3. The van der Waals surface area contributed by atoms with E-state index in [1.54, 1.807) is 0 Å². The van der Waals surface area contributed by atoms with Gasteiger partial charge >= 0.3 is 0 Å². The van der Waals surface area contributed by atoms with Crippen LogP contribution in [0.5, 0.6) is 0 Å². The molecule has 0 fully saturated rings. The quantitative estimate of drug-likeness (QED) is 0.668. The Morgan fingerprint density at radius 1 is 0.889 bits per heavy atom. The van der Waals surface area contributed by atoms with E-state index in [1.165, 1.54) is 0 Å². The van der Waals surface area contributed by atoms with E-state index in [9.17, 15) is 0 Å². The fourth-order valence-corrected chi connectivity index (χ4v) is 1.94. The van der Waals surface area contributed by atoms with Gasteiger partial charge in [-0.3, -0.25) is 4.98 Å². The fourth-order valence-electron chi connectivity index (χ4n) is 1.94. The first-order valence-corrected chi connectivity index (χ1v) is 5.78. The van der Waals surface area contributed by atoms with Crippen LogP contribution in [0.2, 0.25) is 0 Å². The summed E-state index contributed by atoms with van der Waals surface area (Å²) in [5.74, 6) is 0. The number of fused-ring (bicyclic) bond motifs is 1. The minimum absolute atomic E-state index is 0.761. The largest absolute Gasteiger partial charge is 0.399 e. The average Bonchev–Trinajstić information content (AvgIpc) is 2.42. The molecule has 0 bridgehead atoms. The Labute approximate surface area is 105 Å². The third kappa shape index (κ3) is 1.98. The summed E-state index contributed by atoms with van der Waals surface area (Å²) in [6.45, 7) is 0. The highest BCUT2D eigenvalue weighted by Gasteiger charge is 2.01. The summed E-state index contributed by atoms with van der Waals surface area (Å²) in [6, 6.07) is 15.8. The maximum Gasteiger partial charge on any atom is 0.0650 e. The molecule has 0 saturated carbocycles. The lowest BCUT2D eigenvalue weighted by Gasteiger charge is -2.09. The third-order valence-electron chi connectivity index (χ3n) is 2.86. The molecule has 18 heavy (non-hydrogen) atoms. The average molecular weight is 235 g/mol. The van der Waals surface area contributed by atoms with Crippen LogP contribution in [0.15, 0.2) is 60.9 Å². The third-order valence-corrected chi connectivity index (χ3v) is 2.86. The number of nitrogens with one attached hydrogen (secondary N) is 1. The molecule has 0 atom stereocenters. The molecule has 1 heterocycles. The number of nitrogens with two attached hydrogens (primary N) is 1. The zero-order chi connectivity index (χ0) is 12.4. The summed E-state index contributed by atoms with van der Waals surface area (Å²) >= 11 is 0. The maximum atomic E-state index is 5.67. The Morgan fingerprint density at radius 2 is 1.67 bits per heavy atom. The molecule has 0 radical (unpaired) electrons. The molecule has 0 unspecified atom stereocenters. The highest BCUT2D eigenvalue weighted by Crippen LogP contribution is 2.25. The molecule has 2 aromatic carbocycles. The van der Waals surface area contributed by atoms with E-state index in [-0.39, 0.29) is 0 Å². The van der Waals surface area contributed by atoms with Gasteiger partial charge in [0.25, 0.3) is 0 Å². The molecule has 3 heteroatoms. The van der Waals surface area contributed by atoms with Gasteiger partial charge in [-0.15, -0.1) is 0 Å². The lowest BCUT2D eigenvalue weighted by atomic mass is 10.1. The standard InChI is InChI=1S/C15H13N3/c16-12-5-7-13(8-6-12)18-15-10-17-9-11-3-1-2-4-14(11)15/h1-10,18H,16H2. The van der Waals surface area contributed by atoms with E-state index < -0.39 is 0 Å². The topological polar surface area (TPSA) is 50.9 Å². The van der Waals surface area contributed by atoms with Crippen molar-refractivity contribution in [1.29, 1.82) is 0 Å². The van der Waals surface area contributed by atoms with E-state index >= 15 is 0 Å². The van der Waals surface area contributed by atoms with Crippen molar-refractivity contribution in [3.8, 4) is 0 Å². The summed E-state index contributed by atoms with van der Waals surface area (Å²) in [6.07, 6.45) is 3.70. The molecule has 88 valence electrons. The van der Waals surface area contributed by atoms with Crippen LogP contribution in [0, 0.1) is 0 Å². The molecular weight excluding hydrogens is 222 g/mol. The lowest BCUT2D eigenvalue weighted by Crippen LogP contribution is -1.93. The molecule has 3 nitrogen and oxygen atoms in total. The maximum absolute atomic E-state index is 5.67. The van der Waals surface area contributed by atoms with E-state index in [2.05, 4.69) is 22.4 Å². The Kier molecular flexibility index (Phi) is 2.57. The van der Waals surface area contributed by atoms with Gasteiger partial charge in [0.15, 0.2) is 0 Å². The second kappa shape index (κ2) is 4.37. The predicted molar refractivity (Wildman–Crippen MR) is 75.9 cm³/mol.